The van der Waals surface area contributed by atoms with E-state index in [0.29, 0.717) is 11.3 Å². The number of hydrazine groups is 1. The first-order valence-corrected chi connectivity index (χ1v) is 5.78. The van der Waals surface area contributed by atoms with E-state index in [-0.39, 0.29) is 17.9 Å². The number of nitrogens with zero attached hydrogens (tertiary/aromatic N) is 1. The van der Waals surface area contributed by atoms with E-state index in [9.17, 15) is 10.1 Å². The molecule has 0 amide bonds. The summed E-state index contributed by atoms with van der Waals surface area (Å²) in [6.07, 6.45) is 0.854. The molecule has 0 saturated heterocycles. The number of nitrogens with two attached hydrogens (primary N) is 1. The van der Waals surface area contributed by atoms with Crippen molar-refractivity contribution in [1.29, 1.82) is 0 Å². The van der Waals surface area contributed by atoms with E-state index in [1.807, 2.05) is 20.8 Å². The zero-order valence-electron chi connectivity index (χ0n) is 10.9. The monoisotopic (exact) mass is 253 g/mol. The van der Waals surface area contributed by atoms with E-state index in [1.54, 1.807) is 12.1 Å². The Labute approximate surface area is 106 Å². The minimum Gasteiger partial charge on any atom is -0.371 e. The van der Waals surface area contributed by atoms with Gasteiger partial charge in [0.15, 0.2) is 0 Å². The van der Waals surface area contributed by atoms with Gasteiger partial charge in [-0.3, -0.25) is 16.0 Å². The summed E-state index contributed by atoms with van der Waals surface area (Å²) >= 11 is 0. The van der Waals surface area contributed by atoms with Crippen LogP contribution < -0.4 is 11.3 Å². The Hall–Kier alpha value is -1.66. The summed E-state index contributed by atoms with van der Waals surface area (Å²) in [5.74, 6) is 5.35. The van der Waals surface area contributed by atoms with Crippen LogP contribution in [0.5, 0.6) is 0 Å². The van der Waals surface area contributed by atoms with Crippen molar-refractivity contribution in [3.63, 3.8) is 0 Å². The number of anilines is 1. The molecule has 0 unspecified atom stereocenters. The van der Waals surface area contributed by atoms with Gasteiger partial charge in [-0.2, -0.15) is 0 Å². The predicted octanol–water partition coefficient (Wildman–Crippen LogP) is 2.59. The van der Waals surface area contributed by atoms with Gasteiger partial charge in [-0.15, -0.1) is 0 Å². The van der Waals surface area contributed by atoms with E-state index in [2.05, 4.69) is 5.43 Å². The molecule has 0 aliphatic carbocycles. The zero-order chi connectivity index (χ0) is 13.8. The average molecular weight is 253 g/mol. The van der Waals surface area contributed by atoms with E-state index in [4.69, 9.17) is 10.6 Å². The summed E-state index contributed by atoms with van der Waals surface area (Å²) in [6.45, 7) is 6.25. The first-order chi connectivity index (χ1) is 8.41. The number of para-hydroxylation sites is 1. The Morgan fingerprint density at radius 1 is 1.50 bits per heavy atom. The number of ether oxygens (including phenoxy) is 1. The Bertz CT molecular complexity index is 433. The third kappa shape index (κ3) is 3.41. The Morgan fingerprint density at radius 2 is 2.17 bits per heavy atom. The molecule has 100 valence electrons. The van der Waals surface area contributed by atoms with E-state index < -0.39 is 4.92 Å². The van der Waals surface area contributed by atoms with Crippen LogP contribution in [-0.2, 0) is 11.3 Å². The van der Waals surface area contributed by atoms with Crippen LogP contribution in [0, 0.1) is 10.1 Å². The first kappa shape index (κ1) is 14.4. The van der Waals surface area contributed by atoms with Crippen molar-refractivity contribution in [2.24, 2.45) is 5.84 Å². The molecule has 6 heteroatoms. The summed E-state index contributed by atoms with van der Waals surface area (Å²) in [4.78, 5) is 10.4. The summed E-state index contributed by atoms with van der Waals surface area (Å²) in [6, 6.07) is 4.79. The van der Waals surface area contributed by atoms with Gasteiger partial charge in [-0.25, -0.2) is 0 Å². The summed E-state index contributed by atoms with van der Waals surface area (Å²) in [7, 11) is 0. The summed E-state index contributed by atoms with van der Waals surface area (Å²) < 4.78 is 5.72. The van der Waals surface area contributed by atoms with Crippen LogP contribution in [0.25, 0.3) is 0 Å². The molecule has 0 saturated carbocycles. The molecule has 0 aromatic heterocycles. The minimum atomic E-state index is -0.469. The number of benzene rings is 1. The first-order valence-electron chi connectivity index (χ1n) is 5.78. The summed E-state index contributed by atoms with van der Waals surface area (Å²) in [5, 5.41) is 10.9. The number of rotatable bonds is 6. The lowest BCUT2D eigenvalue weighted by Gasteiger charge is -2.24. The van der Waals surface area contributed by atoms with Gasteiger partial charge in [0.25, 0.3) is 5.69 Å². The molecule has 1 aromatic rings. The highest BCUT2D eigenvalue weighted by molar-refractivity contribution is 5.65. The quantitative estimate of drug-likeness (QED) is 0.462. The molecule has 0 heterocycles. The van der Waals surface area contributed by atoms with Crippen molar-refractivity contribution in [1.82, 2.24) is 0 Å². The van der Waals surface area contributed by atoms with Crippen LogP contribution >= 0.6 is 0 Å². The van der Waals surface area contributed by atoms with Crippen LogP contribution in [0.3, 0.4) is 0 Å². The molecule has 3 N–H and O–H groups in total. The van der Waals surface area contributed by atoms with Crippen LogP contribution in [-0.4, -0.2) is 10.5 Å². The molecule has 0 spiro atoms. The van der Waals surface area contributed by atoms with Crippen molar-refractivity contribution >= 4 is 11.4 Å². The Morgan fingerprint density at radius 3 is 2.67 bits per heavy atom. The van der Waals surface area contributed by atoms with Gasteiger partial charge >= 0.3 is 0 Å². The molecule has 0 aliphatic rings. The second-order valence-corrected chi connectivity index (χ2v) is 4.61. The van der Waals surface area contributed by atoms with E-state index in [1.165, 1.54) is 6.07 Å². The lowest BCUT2D eigenvalue weighted by atomic mass is 10.1. The number of hydrogen-bond donors (Lipinski definition) is 2. The van der Waals surface area contributed by atoms with Crippen molar-refractivity contribution in [3.8, 4) is 0 Å². The summed E-state index contributed by atoms with van der Waals surface area (Å²) in [5.41, 5.74) is 3.04. The molecule has 0 bridgehead atoms. The van der Waals surface area contributed by atoms with Crippen molar-refractivity contribution in [3.05, 3.63) is 33.9 Å². The third-order valence-corrected chi connectivity index (χ3v) is 2.94. The SMILES string of the molecule is CCC(C)(C)OCc1cccc([N+](=O)[O-])c1NN. The molecule has 0 aliphatic heterocycles. The van der Waals surface area contributed by atoms with Gasteiger partial charge in [-0.05, 0) is 20.3 Å². The topological polar surface area (TPSA) is 90.4 Å². The van der Waals surface area contributed by atoms with Gasteiger partial charge in [0.1, 0.15) is 5.69 Å². The maximum Gasteiger partial charge on any atom is 0.294 e. The average Bonchev–Trinajstić information content (AvgIpc) is 2.35. The molecule has 0 fully saturated rings. The highest BCUT2D eigenvalue weighted by atomic mass is 16.6. The van der Waals surface area contributed by atoms with Crippen LogP contribution in [0.1, 0.15) is 32.8 Å². The normalized spacial score (nSPS) is 11.3. The van der Waals surface area contributed by atoms with Gasteiger partial charge in [0, 0.05) is 11.6 Å². The van der Waals surface area contributed by atoms with E-state index >= 15 is 0 Å². The molecular formula is C12H19N3O3. The molecule has 1 rings (SSSR count). The van der Waals surface area contributed by atoms with Gasteiger partial charge < -0.3 is 10.2 Å². The van der Waals surface area contributed by atoms with Crippen molar-refractivity contribution < 1.29 is 9.66 Å². The molecule has 0 radical (unpaired) electrons. The fourth-order valence-corrected chi connectivity index (χ4v) is 1.40. The number of nitrogen functional groups attached to an aromatic ring is 1. The lowest BCUT2D eigenvalue weighted by Crippen LogP contribution is -2.23. The fraction of sp³-hybridized carbons (Fsp3) is 0.500. The Kier molecular flexibility index (Phi) is 4.63. The van der Waals surface area contributed by atoms with Gasteiger partial charge in [0.05, 0.1) is 17.1 Å². The standard InChI is InChI=1S/C12H19N3O3/c1-4-12(2,3)18-8-9-6-5-7-10(15(16)17)11(9)14-13/h5-7,14H,4,8,13H2,1-3H3. The highest BCUT2D eigenvalue weighted by Gasteiger charge is 2.20. The lowest BCUT2D eigenvalue weighted by molar-refractivity contribution is -0.384. The molecule has 18 heavy (non-hydrogen) atoms. The molecule has 0 atom stereocenters. The maximum absolute atomic E-state index is 10.9. The van der Waals surface area contributed by atoms with Gasteiger partial charge in [-0.1, -0.05) is 19.1 Å². The van der Waals surface area contributed by atoms with Crippen molar-refractivity contribution in [2.75, 3.05) is 5.43 Å². The second kappa shape index (κ2) is 5.79. The molecule has 6 nitrogen and oxygen atoms in total. The number of nitro benzene ring substituents is 1. The number of nitro groups is 1. The van der Waals surface area contributed by atoms with Crippen LogP contribution in [0.2, 0.25) is 0 Å². The maximum atomic E-state index is 10.9. The molecule has 1 aromatic carbocycles. The smallest absolute Gasteiger partial charge is 0.294 e. The Balaban J connectivity index is 2.96. The van der Waals surface area contributed by atoms with Crippen molar-refractivity contribution in [2.45, 2.75) is 39.4 Å². The second-order valence-electron chi connectivity index (χ2n) is 4.61. The molecular weight excluding hydrogens is 234 g/mol. The number of hydrogen-bond acceptors (Lipinski definition) is 5. The van der Waals surface area contributed by atoms with E-state index in [0.717, 1.165) is 6.42 Å². The van der Waals surface area contributed by atoms with Crippen LogP contribution in [0.15, 0.2) is 18.2 Å². The minimum absolute atomic E-state index is 0.0482. The fourth-order valence-electron chi connectivity index (χ4n) is 1.40. The van der Waals surface area contributed by atoms with Crippen LogP contribution in [0.4, 0.5) is 11.4 Å². The third-order valence-electron chi connectivity index (χ3n) is 2.94. The van der Waals surface area contributed by atoms with Gasteiger partial charge in [0.2, 0.25) is 0 Å². The highest BCUT2D eigenvalue weighted by Crippen LogP contribution is 2.29. The zero-order valence-corrected chi connectivity index (χ0v) is 10.9. The predicted molar refractivity (Wildman–Crippen MR) is 70.1 cm³/mol. The number of nitrogens with one attached hydrogen (secondary N) is 1. The largest absolute Gasteiger partial charge is 0.371 e.